The number of amides is 1. The Morgan fingerprint density at radius 2 is 2.26 bits per heavy atom. The van der Waals surface area contributed by atoms with Crippen molar-refractivity contribution in [2.24, 2.45) is 11.7 Å². The van der Waals surface area contributed by atoms with Crippen molar-refractivity contribution in [2.75, 3.05) is 13.2 Å². The van der Waals surface area contributed by atoms with Crippen LogP contribution >= 0.6 is 0 Å². The number of carboxylic acid groups (broad SMARTS) is 1. The van der Waals surface area contributed by atoms with Gasteiger partial charge >= 0.3 is 5.97 Å². The molecule has 2 unspecified atom stereocenters. The minimum Gasteiger partial charge on any atom is -0.481 e. The van der Waals surface area contributed by atoms with Crippen LogP contribution in [0.2, 0.25) is 0 Å². The molecule has 0 radical (unpaired) electrons. The van der Waals surface area contributed by atoms with Crippen LogP contribution in [0.3, 0.4) is 0 Å². The number of aliphatic hydroxyl groups is 1. The van der Waals surface area contributed by atoms with Gasteiger partial charge in [-0.15, -0.1) is 0 Å². The van der Waals surface area contributed by atoms with Gasteiger partial charge in [0.25, 0.3) is 0 Å². The summed E-state index contributed by atoms with van der Waals surface area (Å²) < 4.78 is 5.21. The fourth-order valence-corrected chi connectivity index (χ4v) is 1.68. The zero-order chi connectivity index (χ0) is 14.5. The summed E-state index contributed by atoms with van der Waals surface area (Å²) in [5, 5.41) is 21.8. The number of allylic oxidation sites excluding steroid dienone is 1. The summed E-state index contributed by atoms with van der Waals surface area (Å²) in [7, 11) is 0. The molecular weight excluding hydrogens is 252 g/mol. The molecule has 0 aromatic rings. The van der Waals surface area contributed by atoms with Gasteiger partial charge in [0, 0.05) is 19.2 Å². The van der Waals surface area contributed by atoms with E-state index in [0.29, 0.717) is 13.0 Å². The number of carboxylic acids is 1. The van der Waals surface area contributed by atoms with Gasteiger partial charge in [-0.05, 0) is 18.6 Å². The summed E-state index contributed by atoms with van der Waals surface area (Å²) in [5.74, 6) is -4.53. The van der Waals surface area contributed by atoms with Crippen LogP contribution in [0.1, 0.15) is 13.3 Å². The number of carbonyl (C=O) groups is 2. The topological polar surface area (TPSA) is 122 Å². The summed E-state index contributed by atoms with van der Waals surface area (Å²) in [6.45, 7) is 1.88. The Kier molecular flexibility index (Phi) is 5.08. The predicted molar refractivity (Wildman–Crippen MR) is 66.7 cm³/mol. The van der Waals surface area contributed by atoms with E-state index >= 15 is 0 Å². The monoisotopic (exact) mass is 270 g/mol. The first-order valence-electron chi connectivity index (χ1n) is 5.85. The van der Waals surface area contributed by atoms with E-state index in [-0.39, 0.29) is 18.2 Å². The summed E-state index contributed by atoms with van der Waals surface area (Å²) in [5.41, 5.74) is 5.77. The second-order valence-electron chi connectivity index (χ2n) is 4.26. The van der Waals surface area contributed by atoms with Crippen molar-refractivity contribution in [3.8, 4) is 0 Å². The highest BCUT2D eigenvalue weighted by atomic mass is 16.6. The Hall–Kier alpha value is -1.86. The summed E-state index contributed by atoms with van der Waals surface area (Å²) in [6, 6.07) is 0. The minimum absolute atomic E-state index is 0.0954. The third-order valence-electron chi connectivity index (χ3n) is 2.59. The van der Waals surface area contributed by atoms with E-state index in [2.05, 4.69) is 5.32 Å². The molecule has 0 fully saturated rings. The normalized spacial score (nSPS) is 25.8. The van der Waals surface area contributed by atoms with E-state index in [4.69, 9.17) is 15.6 Å². The number of hydrogen-bond donors (Lipinski definition) is 4. The van der Waals surface area contributed by atoms with Gasteiger partial charge in [0.15, 0.2) is 0 Å². The third-order valence-corrected chi connectivity index (χ3v) is 2.59. The van der Waals surface area contributed by atoms with Crippen LogP contribution in [-0.2, 0) is 14.3 Å². The molecular formula is C12H18N2O5. The predicted octanol–water partition coefficient (Wildman–Crippen LogP) is -0.669. The van der Waals surface area contributed by atoms with Crippen LogP contribution in [0.4, 0.5) is 0 Å². The van der Waals surface area contributed by atoms with Crippen molar-refractivity contribution in [1.29, 1.82) is 0 Å². The maximum atomic E-state index is 11.0. The number of hydrogen-bond acceptors (Lipinski definition) is 5. The highest BCUT2D eigenvalue weighted by Gasteiger charge is 2.41. The van der Waals surface area contributed by atoms with Crippen molar-refractivity contribution < 1.29 is 24.5 Å². The lowest BCUT2D eigenvalue weighted by Crippen LogP contribution is -2.44. The molecule has 0 spiro atoms. The average molecular weight is 270 g/mol. The molecule has 1 rings (SSSR count). The second kappa shape index (κ2) is 6.35. The van der Waals surface area contributed by atoms with Gasteiger partial charge in [-0.3, -0.25) is 9.59 Å². The smallest absolute Gasteiger partial charge is 0.316 e. The van der Waals surface area contributed by atoms with Gasteiger partial charge in [-0.25, -0.2) is 0 Å². The summed E-state index contributed by atoms with van der Waals surface area (Å²) in [6.07, 6.45) is 4.31. The Balaban J connectivity index is 2.54. The van der Waals surface area contributed by atoms with Gasteiger partial charge in [0.05, 0.1) is 6.61 Å². The number of nitrogens with one attached hydrogen (secondary N) is 1. The van der Waals surface area contributed by atoms with E-state index in [1.165, 1.54) is 25.2 Å². The molecule has 1 aliphatic carbocycles. The zero-order valence-corrected chi connectivity index (χ0v) is 10.6. The highest BCUT2D eigenvalue weighted by molar-refractivity contribution is 5.74. The van der Waals surface area contributed by atoms with Gasteiger partial charge < -0.3 is 26.0 Å². The molecule has 0 saturated carbocycles. The van der Waals surface area contributed by atoms with E-state index in [1.807, 2.05) is 0 Å². The quantitative estimate of drug-likeness (QED) is 0.375. The highest BCUT2D eigenvalue weighted by Crippen LogP contribution is 2.27. The Bertz CT molecular complexity index is 418. The van der Waals surface area contributed by atoms with Crippen LogP contribution in [0, 0.1) is 5.92 Å². The lowest BCUT2D eigenvalue weighted by molar-refractivity contribution is -0.202. The lowest BCUT2D eigenvalue weighted by atomic mass is 9.92. The molecule has 1 aliphatic rings. The molecule has 7 nitrogen and oxygen atoms in total. The maximum absolute atomic E-state index is 11.0. The summed E-state index contributed by atoms with van der Waals surface area (Å²) in [4.78, 5) is 21.7. The Morgan fingerprint density at radius 3 is 2.84 bits per heavy atom. The number of ether oxygens (including phenoxy) is 1. The fourth-order valence-electron chi connectivity index (χ4n) is 1.68. The van der Waals surface area contributed by atoms with Crippen molar-refractivity contribution in [2.45, 2.75) is 19.1 Å². The van der Waals surface area contributed by atoms with Gasteiger partial charge in [0.2, 0.25) is 11.7 Å². The Morgan fingerprint density at radius 1 is 1.58 bits per heavy atom. The fraction of sp³-hybridized carbons (Fsp3) is 0.500. The first-order chi connectivity index (χ1) is 8.85. The van der Waals surface area contributed by atoms with E-state index in [0.717, 1.165) is 0 Å². The molecule has 0 aromatic heterocycles. The zero-order valence-electron chi connectivity index (χ0n) is 10.6. The van der Waals surface area contributed by atoms with Crippen LogP contribution in [0.15, 0.2) is 23.9 Å². The van der Waals surface area contributed by atoms with Crippen molar-refractivity contribution in [1.82, 2.24) is 5.32 Å². The molecule has 0 saturated heterocycles. The minimum atomic E-state index is -1.96. The average Bonchev–Trinajstić information content (AvgIpc) is 2.27. The molecule has 0 heterocycles. The first-order valence-corrected chi connectivity index (χ1v) is 5.85. The number of rotatable bonds is 6. The van der Waals surface area contributed by atoms with Gasteiger partial charge in [0.1, 0.15) is 5.92 Å². The van der Waals surface area contributed by atoms with Crippen molar-refractivity contribution in [3.05, 3.63) is 23.9 Å². The maximum Gasteiger partial charge on any atom is 0.316 e. The molecule has 2 atom stereocenters. The largest absolute Gasteiger partial charge is 0.481 e. The molecule has 0 aromatic carbocycles. The van der Waals surface area contributed by atoms with Gasteiger partial charge in [-0.2, -0.15) is 0 Å². The molecule has 7 heteroatoms. The van der Waals surface area contributed by atoms with Crippen molar-refractivity contribution in [3.63, 3.8) is 0 Å². The number of carbonyl (C=O) groups excluding carboxylic acids is 1. The lowest BCUT2D eigenvalue weighted by Gasteiger charge is -2.31. The van der Waals surface area contributed by atoms with E-state index in [1.54, 1.807) is 0 Å². The van der Waals surface area contributed by atoms with Crippen LogP contribution in [0.5, 0.6) is 0 Å². The number of aliphatic carboxylic acids is 1. The van der Waals surface area contributed by atoms with E-state index < -0.39 is 17.7 Å². The van der Waals surface area contributed by atoms with Crippen LogP contribution < -0.4 is 11.1 Å². The molecule has 5 N–H and O–H groups in total. The SMILES string of the molecule is CC(=O)NCCCOC1(O)C=C(N)C=CC1C(=O)O. The first kappa shape index (κ1) is 15.2. The second-order valence-corrected chi connectivity index (χ2v) is 4.26. The standard InChI is InChI=1S/C12H18N2O5/c1-8(15)14-5-2-6-19-12(18)7-9(13)3-4-10(12)11(16)17/h3-4,7,10,18H,2,5-6,13H2,1H3,(H,14,15)(H,16,17). The molecule has 0 bridgehead atoms. The van der Waals surface area contributed by atoms with Crippen molar-refractivity contribution >= 4 is 11.9 Å². The molecule has 1 amide bonds. The third kappa shape index (κ3) is 4.38. The van der Waals surface area contributed by atoms with E-state index in [9.17, 15) is 14.7 Å². The molecule has 0 aliphatic heterocycles. The molecule has 106 valence electrons. The summed E-state index contributed by atoms with van der Waals surface area (Å²) >= 11 is 0. The van der Waals surface area contributed by atoms with Gasteiger partial charge in [-0.1, -0.05) is 6.08 Å². The number of nitrogens with two attached hydrogens (primary N) is 1. The van der Waals surface area contributed by atoms with Crippen LogP contribution in [-0.4, -0.2) is 41.0 Å². The molecule has 19 heavy (non-hydrogen) atoms. The van der Waals surface area contributed by atoms with Crippen LogP contribution in [0.25, 0.3) is 0 Å². The Labute approximate surface area is 110 Å².